The molecule has 0 aliphatic heterocycles. The fourth-order valence-corrected chi connectivity index (χ4v) is 4.86. The fourth-order valence-electron chi connectivity index (χ4n) is 2.39. The first-order valence-electron chi connectivity index (χ1n) is 10.1. The first kappa shape index (κ1) is 26.0. The topological polar surface area (TPSA) is 26.3 Å². The lowest BCUT2D eigenvalue weighted by atomic mass is 10.1. The number of hydrogen-bond acceptors (Lipinski definition) is 5. The van der Waals surface area contributed by atoms with Gasteiger partial charge in [0.15, 0.2) is 0 Å². The summed E-state index contributed by atoms with van der Waals surface area (Å²) in [4.78, 5) is 12.1. The Morgan fingerprint density at radius 3 is 2.12 bits per heavy atom. The molecule has 152 valence electrons. The van der Waals surface area contributed by atoms with Crippen molar-refractivity contribution in [3.8, 4) is 0 Å². The molecular weight excluding hydrogens is 380 g/mol. The minimum Gasteiger partial charge on any atom is -0.464 e. The highest BCUT2D eigenvalue weighted by atomic mass is 33.1. The first-order valence-corrected chi connectivity index (χ1v) is 12.7. The number of carbonyl (C=O) groups is 1. The molecule has 0 fully saturated rings. The Morgan fingerprint density at radius 2 is 1.58 bits per heavy atom. The van der Waals surface area contributed by atoms with Crippen LogP contribution in [-0.2, 0) is 9.53 Å². The second kappa shape index (κ2) is 17.1. The van der Waals surface area contributed by atoms with Gasteiger partial charge < -0.3 is 4.74 Å². The van der Waals surface area contributed by atoms with Crippen molar-refractivity contribution in [1.82, 2.24) is 0 Å². The van der Waals surface area contributed by atoms with E-state index in [1.807, 2.05) is 13.8 Å². The SMILES string of the molecule is C=CCCOC(=O)C(C)(C)SSC(=S)CCCCCCCCCCCC. The number of thiocarbonyl (C=S) groups is 1. The van der Waals surface area contributed by atoms with Gasteiger partial charge >= 0.3 is 5.97 Å². The third kappa shape index (κ3) is 15.1. The number of esters is 1. The van der Waals surface area contributed by atoms with E-state index in [9.17, 15) is 4.79 Å². The van der Waals surface area contributed by atoms with Crippen LogP contribution in [0.25, 0.3) is 0 Å². The largest absolute Gasteiger partial charge is 0.464 e. The van der Waals surface area contributed by atoms with Gasteiger partial charge in [-0.2, -0.15) is 0 Å². The van der Waals surface area contributed by atoms with Gasteiger partial charge in [-0.25, -0.2) is 0 Å². The van der Waals surface area contributed by atoms with Crippen LogP contribution < -0.4 is 0 Å². The predicted molar refractivity (Wildman–Crippen MR) is 124 cm³/mol. The highest BCUT2D eigenvalue weighted by molar-refractivity contribution is 8.84. The third-order valence-electron chi connectivity index (χ3n) is 4.12. The highest BCUT2D eigenvalue weighted by Gasteiger charge is 2.31. The maximum atomic E-state index is 12.1. The smallest absolute Gasteiger partial charge is 0.322 e. The average Bonchev–Trinajstić information content (AvgIpc) is 2.61. The van der Waals surface area contributed by atoms with E-state index >= 15 is 0 Å². The van der Waals surface area contributed by atoms with Gasteiger partial charge in [-0.05, 0) is 43.9 Å². The zero-order valence-corrected chi connectivity index (χ0v) is 19.5. The maximum Gasteiger partial charge on any atom is 0.322 e. The van der Waals surface area contributed by atoms with Gasteiger partial charge in [0.05, 0.1) is 10.8 Å². The molecule has 0 spiro atoms. The molecule has 0 unspecified atom stereocenters. The number of carbonyl (C=O) groups excluding carboxylic acids is 1. The minimum absolute atomic E-state index is 0.182. The molecule has 0 saturated heterocycles. The summed E-state index contributed by atoms with van der Waals surface area (Å²) in [5, 5.41) is 0. The molecule has 0 N–H and O–H groups in total. The lowest BCUT2D eigenvalue weighted by Gasteiger charge is -2.21. The third-order valence-corrected chi connectivity index (χ3v) is 8.05. The molecule has 5 heteroatoms. The van der Waals surface area contributed by atoms with E-state index in [0.29, 0.717) is 13.0 Å². The minimum atomic E-state index is -0.576. The second-order valence-corrected chi connectivity index (χ2v) is 10.8. The Bertz CT molecular complexity index is 395. The molecule has 0 aromatic heterocycles. The van der Waals surface area contributed by atoms with Crippen LogP contribution in [0.5, 0.6) is 0 Å². The van der Waals surface area contributed by atoms with E-state index in [4.69, 9.17) is 17.0 Å². The van der Waals surface area contributed by atoms with Gasteiger partial charge in [0, 0.05) is 0 Å². The predicted octanol–water partition coefficient (Wildman–Crippen LogP) is 7.90. The van der Waals surface area contributed by atoms with E-state index in [-0.39, 0.29) is 5.97 Å². The van der Waals surface area contributed by atoms with Gasteiger partial charge in [0.1, 0.15) is 4.75 Å². The highest BCUT2D eigenvalue weighted by Crippen LogP contribution is 2.38. The summed E-state index contributed by atoms with van der Waals surface area (Å²) in [6.45, 7) is 10.1. The Hall–Kier alpha value is -0.0000000000000000833. The van der Waals surface area contributed by atoms with Crippen molar-refractivity contribution >= 4 is 44.0 Å². The number of unbranched alkanes of at least 4 members (excludes halogenated alkanes) is 9. The molecule has 0 radical (unpaired) electrons. The van der Waals surface area contributed by atoms with Gasteiger partial charge in [0.25, 0.3) is 0 Å². The summed E-state index contributed by atoms with van der Waals surface area (Å²) >= 11 is 5.45. The molecule has 0 aromatic rings. The van der Waals surface area contributed by atoms with Crippen molar-refractivity contribution in [3.05, 3.63) is 12.7 Å². The van der Waals surface area contributed by atoms with Crippen LogP contribution >= 0.6 is 33.8 Å². The van der Waals surface area contributed by atoms with Crippen molar-refractivity contribution in [3.63, 3.8) is 0 Å². The molecule has 26 heavy (non-hydrogen) atoms. The lowest BCUT2D eigenvalue weighted by Crippen LogP contribution is -2.29. The molecule has 0 atom stereocenters. The number of hydrogen-bond donors (Lipinski definition) is 0. The molecule has 0 saturated carbocycles. The van der Waals surface area contributed by atoms with Crippen LogP contribution in [0, 0.1) is 0 Å². The normalized spacial score (nSPS) is 11.3. The van der Waals surface area contributed by atoms with Crippen molar-refractivity contribution in [1.29, 1.82) is 0 Å². The summed E-state index contributed by atoms with van der Waals surface area (Å²) in [5.74, 6) is -0.182. The molecule has 2 nitrogen and oxygen atoms in total. The first-order chi connectivity index (χ1) is 12.4. The molecule has 0 amide bonds. The molecule has 0 aliphatic rings. The molecule has 0 bridgehead atoms. The molecule has 0 aromatic carbocycles. The van der Waals surface area contributed by atoms with Crippen molar-refractivity contribution in [2.75, 3.05) is 6.61 Å². The molecule has 0 rings (SSSR count). The number of rotatable bonds is 17. The van der Waals surface area contributed by atoms with Crippen LogP contribution in [0.1, 0.15) is 97.8 Å². The van der Waals surface area contributed by atoms with Gasteiger partial charge in [0.2, 0.25) is 0 Å². The molecule has 0 heterocycles. The molecule has 0 aliphatic carbocycles. The van der Waals surface area contributed by atoms with E-state index in [0.717, 1.165) is 17.0 Å². The Kier molecular flexibility index (Phi) is 17.1. The maximum absolute atomic E-state index is 12.1. The summed E-state index contributed by atoms with van der Waals surface area (Å²) in [5.41, 5.74) is 0. The summed E-state index contributed by atoms with van der Waals surface area (Å²) in [6.07, 6.45) is 16.8. The summed E-state index contributed by atoms with van der Waals surface area (Å²) in [6, 6.07) is 0. The van der Waals surface area contributed by atoms with Crippen molar-refractivity contribution < 1.29 is 9.53 Å². The standard InChI is InChI=1S/C21H38O2S3/c1-5-7-9-10-11-12-13-14-15-16-17-19(24)25-26-21(3,4)20(22)23-18-8-6-2/h6H,2,5,7-18H2,1,3-4H3. The Balaban J connectivity index is 3.64. The zero-order valence-electron chi connectivity index (χ0n) is 17.0. The van der Waals surface area contributed by atoms with Gasteiger partial charge in [-0.3, -0.25) is 4.79 Å². The van der Waals surface area contributed by atoms with Crippen LogP contribution in [0.15, 0.2) is 12.7 Å². The van der Waals surface area contributed by atoms with Crippen LogP contribution in [-0.4, -0.2) is 21.5 Å². The monoisotopic (exact) mass is 418 g/mol. The van der Waals surface area contributed by atoms with Gasteiger partial charge in [-0.1, -0.05) is 93.8 Å². The van der Waals surface area contributed by atoms with Gasteiger partial charge in [-0.15, -0.1) is 6.58 Å². The fraction of sp³-hybridized carbons (Fsp3) is 0.810. The van der Waals surface area contributed by atoms with Crippen molar-refractivity contribution in [2.24, 2.45) is 0 Å². The van der Waals surface area contributed by atoms with E-state index in [2.05, 4.69) is 13.5 Å². The van der Waals surface area contributed by atoms with Crippen molar-refractivity contribution in [2.45, 2.75) is 103 Å². The zero-order chi connectivity index (χ0) is 19.7. The lowest BCUT2D eigenvalue weighted by molar-refractivity contribution is -0.145. The Labute approximate surface area is 175 Å². The molecular formula is C21H38O2S3. The van der Waals surface area contributed by atoms with Crippen LogP contribution in [0.2, 0.25) is 0 Å². The van der Waals surface area contributed by atoms with E-state index in [1.54, 1.807) is 16.9 Å². The number of ether oxygens (including phenoxy) is 1. The second-order valence-electron chi connectivity index (χ2n) is 7.19. The van der Waals surface area contributed by atoms with E-state index in [1.165, 1.54) is 68.6 Å². The average molecular weight is 419 g/mol. The summed E-state index contributed by atoms with van der Waals surface area (Å²) < 4.78 is 5.67. The Morgan fingerprint density at radius 1 is 1.04 bits per heavy atom. The van der Waals surface area contributed by atoms with Crippen LogP contribution in [0.3, 0.4) is 0 Å². The van der Waals surface area contributed by atoms with E-state index < -0.39 is 4.75 Å². The van der Waals surface area contributed by atoms with Crippen LogP contribution in [0.4, 0.5) is 0 Å². The summed E-state index contributed by atoms with van der Waals surface area (Å²) in [7, 11) is 3.07. The quantitative estimate of drug-likeness (QED) is 0.0786.